The van der Waals surface area contributed by atoms with Crippen LogP contribution < -0.4 is 4.90 Å². The molecule has 1 fully saturated rings. The number of nitrogens with zero attached hydrogens (tertiary/aromatic N) is 2. The Hall–Kier alpha value is -1.49. The van der Waals surface area contributed by atoms with Crippen LogP contribution in [0.1, 0.15) is 44.7 Å². The van der Waals surface area contributed by atoms with E-state index in [1.165, 1.54) is 42.1 Å². The number of benzene rings is 2. The van der Waals surface area contributed by atoms with E-state index in [2.05, 4.69) is 78.2 Å². The van der Waals surface area contributed by atoms with Crippen molar-refractivity contribution in [1.82, 2.24) is 4.90 Å². The summed E-state index contributed by atoms with van der Waals surface area (Å²) in [5.41, 5.74) is 2.80. The molecular weight excluding hydrogens is 388 g/mol. The van der Waals surface area contributed by atoms with Gasteiger partial charge in [-0.3, -0.25) is 4.90 Å². The Balaban J connectivity index is 1.55. The van der Waals surface area contributed by atoms with E-state index in [9.17, 15) is 0 Å². The van der Waals surface area contributed by atoms with E-state index in [0.717, 1.165) is 31.9 Å². The summed E-state index contributed by atoms with van der Waals surface area (Å²) < 4.78 is 6.22. The lowest BCUT2D eigenvalue weighted by Gasteiger charge is -2.42. The van der Waals surface area contributed by atoms with E-state index < -0.39 is 0 Å². The van der Waals surface area contributed by atoms with E-state index >= 15 is 0 Å². The molecule has 1 saturated heterocycles. The fourth-order valence-corrected chi connectivity index (χ4v) is 5.78. The molecule has 2 aromatic rings. The molecule has 2 atom stereocenters. The SMILES string of the molecule is CC(C)CCOCC(CN1c2ccccc2SCC1c1ccccc1)N1CCCC1. The van der Waals surface area contributed by atoms with E-state index in [0.29, 0.717) is 18.0 Å². The van der Waals surface area contributed by atoms with Crippen molar-refractivity contribution in [3.05, 3.63) is 60.2 Å². The average Bonchev–Trinajstić information content (AvgIpc) is 3.31. The van der Waals surface area contributed by atoms with Gasteiger partial charge >= 0.3 is 0 Å². The van der Waals surface area contributed by atoms with Crippen molar-refractivity contribution in [3.8, 4) is 0 Å². The van der Waals surface area contributed by atoms with Crippen LogP contribution in [0, 0.1) is 5.92 Å². The summed E-state index contributed by atoms with van der Waals surface area (Å²) in [5, 5.41) is 0. The fraction of sp³-hybridized carbons (Fsp3) is 0.538. The van der Waals surface area contributed by atoms with Crippen LogP contribution in [0.3, 0.4) is 0 Å². The van der Waals surface area contributed by atoms with Crippen LogP contribution in [0.15, 0.2) is 59.5 Å². The van der Waals surface area contributed by atoms with Gasteiger partial charge in [-0.25, -0.2) is 0 Å². The number of likely N-dealkylation sites (tertiary alicyclic amines) is 1. The standard InChI is InChI=1S/C26H36N2OS/c1-21(2)14-17-29-19-23(27-15-8-9-16-27)18-28-24-12-6-7-13-26(24)30-20-25(28)22-10-4-3-5-11-22/h3-7,10-13,21,23,25H,8-9,14-20H2,1-2H3. The maximum Gasteiger partial charge on any atom is 0.0639 e. The smallest absolute Gasteiger partial charge is 0.0639 e. The first-order valence-electron chi connectivity index (χ1n) is 11.6. The summed E-state index contributed by atoms with van der Waals surface area (Å²) >= 11 is 1.99. The zero-order valence-corrected chi connectivity index (χ0v) is 19.3. The van der Waals surface area contributed by atoms with E-state index in [-0.39, 0.29) is 0 Å². The third-order valence-electron chi connectivity index (χ3n) is 6.35. The van der Waals surface area contributed by atoms with Crippen molar-refractivity contribution in [3.63, 3.8) is 0 Å². The zero-order chi connectivity index (χ0) is 20.8. The summed E-state index contributed by atoms with van der Waals surface area (Å²) in [4.78, 5) is 6.74. The molecule has 0 bridgehead atoms. The molecule has 2 unspecified atom stereocenters. The molecule has 0 spiro atoms. The van der Waals surface area contributed by atoms with Crippen LogP contribution in [-0.2, 0) is 4.74 Å². The summed E-state index contributed by atoms with van der Waals surface area (Å²) in [5.74, 6) is 1.80. The second kappa shape index (κ2) is 10.7. The number of ether oxygens (including phenoxy) is 1. The maximum atomic E-state index is 6.22. The minimum absolute atomic E-state index is 0.409. The van der Waals surface area contributed by atoms with Gasteiger partial charge in [0, 0.05) is 23.8 Å². The lowest BCUT2D eigenvalue weighted by atomic mass is 10.0. The Kier molecular flexibility index (Phi) is 7.75. The summed E-state index contributed by atoms with van der Waals surface area (Å²) in [7, 11) is 0. The van der Waals surface area contributed by atoms with Gasteiger partial charge in [0.2, 0.25) is 0 Å². The number of thioether (sulfide) groups is 1. The van der Waals surface area contributed by atoms with Crippen molar-refractivity contribution in [2.45, 2.75) is 50.1 Å². The lowest BCUT2D eigenvalue weighted by Crippen LogP contribution is -2.48. The maximum absolute atomic E-state index is 6.22. The highest BCUT2D eigenvalue weighted by Gasteiger charge is 2.32. The Bertz CT molecular complexity index is 776. The predicted molar refractivity (Wildman–Crippen MR) is 129 cm³/mol. The largest absolute Gasteiger partial charge is 0.380 e. The van der Waals surface area contributed by atoms with Crippen molar-refractivity contribution in [2.24, 2.45) is 5.92 Å². The van der Waals surface area contributed by atoms with Gasteiger partial charge in [0.05, 0.1) is 24.4 Å². The average molecular weight is 425 g/mol. The second-order valence-electron chi connectivity index (χ2n) is 9.01. The first-order chi connectivity index (χ1) is 14.7. The summed E-state index contributed by atoms with van der Waals surface area (Å²) in [6, 6.07) is 20.8. The number of para-hydroxylation sites is 1. The molecule has 0 amide bonds. The first-order valence-corrected chi connectivity index (χ1v) is 12.6. The van der Waals surface area contributed by atoms with Gasteiger partial charge in [-0.1, -0.05) is 56.3 Å². The second-order valence-corrected chi connectivity index (χ2v) is 10.1. The molecule has 0 radical (unpaired) electrons. The van der Waals surface area contributed by atoms with E-state index in [1.54, 1.807) is 0 Å². The molecule has 2 aliphatic rings. The molecule has 0 saturated carbocycles. The van der Waals surface area contributed by atoms with Crippen molar-refractivity contribution < 1.29 is 4.74 Å². The number of anilines is 1. The molecular formula is C26H36N2OS. The molecule has 2 heterocycles. The van der Waals surface area contributed by atoms with Gasteiger partial charge in [0.1, 0.15) is 0 Å². The van der Waals surface area contributed by atoms with Gasteiger partial charge in [0.25, 0.3) is 0 Å². The van der Waals surface area contributed by atoms with Gasteiger partial charge in [-0.2, -0.15) is 0 Å². The normalized spacial score (nSPS) is 20.5. The van der Waals surface area contributed by atoms with Crippen LogP contribution >= 0.6 is 11.8 Å². The highest BCUT2D eigenvalue weighted by atomic mass is 32.2. The molecule has 0 aromatic heterocycles. The molecule has 4 heteroatoms. The molecule has 162 valence electrons. The number of hydrogen-bond acceptors (Lipinski definition) is 4. The Morgan fingerprint density at radius 3 is 2.50 bits per heavy atom. The van der Waals surface area contributed by atoms with Gasteiger partial charge in [-0.05, 0) is 56.0 Å². The van der Waals surface area contributed by atoms with Crippen LogP contribution in [0.25, 0.3) is 0 Å². The molecule has 30 heavy (non-hydrogen) atoms. The molecule has 0 N–H and O–H groups in total. The topological polar surface area (TPSA) is 15.7 Å². The molecule has 0 aliphatic carbocycles. The first kappa shape index (κ1) is 21.7. The summed E-state index contributed by atoms with van der Waals surface area (Å²) in [6.45, 7) is 9.69. The fourth-order valence-electron chi connectivity index (χ4n) is 4.57. The van der Waals surface area contributed by atoms with E-state index in [4.69, 9.17) is 4.74 Å². The monoisotopic (exact) mass is 424 g/mol. The van der Waals surface area contributed by atoms with Gasteiger partial charge < -0.3 is 9.64 Å². The van der Waals surface area contributed by atoms with Crippen LogP contribution in [-0.4, -0.2) is 49.5 Å². The zero-order valence-electron chi connectivity index (χ0n) is 18.5. The van der Waals surface area contributed by atoms with Crippen LogP contribution in [0.2, 0.25) is 0 Å². The minimum Gasteiger partial charge on any atom is -0.380 e. The summed E-state index contributed by atoms with van der Waals surface area (Å²) in [6.07, 6.45) is 3.77. The Morgan fingerprint density at radius 1 is 1.00 bits per heavy atom. The van der Waals surface area contributed by atoms with E-state index in [1.807, 2.05) is 11.8 Å². The van der Waals surface area contributed by atoms with Gasteiger partial charge in [-0.15, -0.1) is 11.8 Å². The predicted octanol–water partition coefficient (Wildman–Crippen LogP) is 5.87. The lowest BCUT2D eigenvalue weighted by molar-refractivity contribution is 0.0651. The number of rotatable bonds is 9. The van der Waals surface area contributed by atoms with Crippen molar-refractivity contribution in [2.75, 3.05) is 43.5 Å². The Morgan fingerprint density at radius 2 is 1.73 bits per heavy atom. The third-order valence-corrected chi connectivity index (χ3v) is 7.48. The molecule has 2 aromatic carbocycles. The molecule has 4 rings (SSSR count). The molecule has 2 aliphatic heterocycles. The number of hydrogen-bond donors (Lipinski definition) is 0. The third kappa shape index (κ3) is 5.40. The minimum atomic E-state index is 0.409. The quantitative estimate of drug-likeness (QED) is 0.468. The number of fused-ring (bicyclic) bond motifs is 1. The van der Waals surface area contributed by atoms with Crippen LogP contribution in [0.4, 0.5) is 5.69 Å². The highest BCUT2D eigenvalue weighted by molar-refractivity contribution is 7.99. The van der Waals surface area contributed by atoms with Gasteiger partial charge in [0.15, 0.2) is 0 Å². The Labute approximate surface area is 186 Å². The van der Waals surface area contributed by atoms with Crippen molar-refractivity contribution in [1.29, 1.82) is 0 Å². The highest BCUT2D eigenvalue weighted by Crippen LogP contribution is 2.43. The van der Waals surface area contributed by atoms with Crippen LogP contribution in [0.5, 0.6) is 0 Å². The van der Waals surface area contributed by atoms with Crippen molar-refractivity contribution >= 4 is 17.4 Å². The molecule has 3 nitrogen and oxygen atoms in total.